The number of imidazole rings is 1. The van der Waals surface area contributed by atoms with E-state index in [1.54, 1.807) is 11.3 Å². The van der Waals surface area contributed by atoms with Gasteiger partial charge in [0, 0.05) is 25.5 Å². The van der Waals surface area contributed by atoms with Crippen LogP contribution in [-0.2, 0) is 11.3 Å². The van der Waals surface area contributed by atoms with Crippen molar-refractivity contribution in [3.63, 3.8) is 0 Å². The summed E-state index contributed by atoms with van der Waals surface area (Å²) in [6.45, 7) is 7.85. The van der Waals surface area contributed by atoms with E-state index in [0.29, 0.717) is 0 Å². The highest BCUT2D eigenvalue weighted by Gasteiger charge is 2.31. The van der Waals surface area contributed by atoms with Gasteiger partial charge in [-0.1, -0.05) is 0 Å². The first-order chi connectivity index (χ1) is 12.2. The zero-order valence-corrected chi connectivity index (χ0v) is 15.6. The van der Waals surface area contributed by atoms with Gasteiger partial charge in [-0.15, -0.1) is 11.3 Å². The van der Waals surface area contributed by atoms with Crippen molar-refractivity contribution >= 4 is 27.4 Å². The zero-order chi connectivity index (χ0) is 17.4. The number of thiophene rings is 1. The summed E-state index contributed by atoms with van der Waals surface area (Å²) in [6.07, 6.45) is 5.88. The van der Waals surface area contributed by atoms with Crippen LogP contribution in [0.3, 0.4) is 0 Å². The molecular weight excluding hydrogens is 334 g/mol. The van der Waals surface area contributed by atoms with Crippen LogP contribution in [-0.4, -0.2) is 32.2 Å². The van der Waals surface area contributed by atoms with Crippen LogP contribution in [0, 0.1) is 13.8 Å². The summed E-state index contributed by atoms with van der Waals surface area (Å²) in [5.74, 6) is 2.69. The molecule has 2 atom stereocenters. The molecule has 0 amide bonds. The molecule has 7 heteroatoms. The number of ether oxygens (including phenoxy) is 1. The molecule has 0 aliphatic carbocycles. The fourth-order valence-corrected chi connectivity index (χ4v) is 4.47. The molecule has 0 spiro atoms. The first-order valence-electron chi connectivity index (χ1n) is 8.79. The van der Waals surface area contributed by atoms with E-state index in [9.17, 15) is 0 Å². The first kappa shape index (κ1) is 16.5. The summed E-state index contributed by atoms with van der Waals surface area (Å²) >= 11 is 1.67. The highest BCUT2D eigenvalue weighted by Crippen LogP contribution is 2.34. The fourth-order valence-electron chi connectivity index (χ4n) is 3.50. The van der Waals surface area contributed by atoms with E-state index in [-0.39, 0.29) is 12.1 Å². The minimum atomic E-state index is -0.0621. The highest BCUT2D eigenvalue weighted by atomic mass is 32.1. The molecule has 0 aromatic carbocycles. The largest absolute Gasteiger partial charge is 0.368 e. The van der Waals surface area contributed by atoms with Crippen molar-refractivity contribution in [2.45, 2.75) is 52.3 Å². The third-order valence-corrected chi connectivity index (χ3v) is 5.71. The van der Waals surface area contributed by atoms with Gasteiger partial charge >= 0.3 is 0 Å². The molecule has 0 bridgehead atoms. The molecule has 6 nitrogen and oxygen atoms in total. The summed E-state index contributed by atoms with van der Waals surface area (Å²) in [7, 11) is 0. The number of aromatic nitrogens is 4. The molecule has 1 aliphatic heterocycles. The van der Waals surface area contributed by atoms with E-state index in [0.717, 1.165) is 53.7 Å². The maximum atomic E-state index is 6.12. The SMILES string of the molecule is CCn1ccnc1[C@H]1OCCC[C@@H]1Nc1nc(C)nc2scc(C)c12. The third-order valence-electron chi connectivity index (χ3n) is 4.72. The van der Waals surface area contributed by atoms with Gasteiger partial charge in [-0.05, 0) is 44.6 Å². The van der Waals surface area contributed by atoms with Crippen molar-refractivity contribution in [1.82, 2.24) is 19.5 Å². The van der Waals surface area contributed by atoms with Gasteiger partial charge in [0.05, 0.1) is 11.4 Å². The predicted octanol–water partition coefficient (Wildman–Crippen LogP) is 3.86. The Balaban J connectivity index is 1.70. The van der Waals surface area contributed by atoms with Crippen molar-refractivity contribution in [1.29, 1.82) is 0 Å². The quantitative estimate of drug-likeness (QED) is 0.768. The van der Waals surface area contributed by atoms with Gasteiger partial charge in [-0.2, -0.15) is 0 Å². The number of nitrogens with one attached hydrogen (secondary N) is 1. The third kappa shape index (κ3) is 3.02. The highest BCUT2D eigenvalue weighted by molar-refractivity contribution is 7.17. The number of nitrogens with zero attached hydrogens (tertiary/aromatic N) is 4. The van der Waals surface area contributed by atoms with Crippen LogP contribution in [0.5, 0.6) is 0 Å². The minimum Gasteiger partial charge on any atom is -0.368 e. The van der Waals surface area contributed by atoms with E-state index in [1.807, 2.05) is 19.3 Å². The van der Waals surface area contributed by atoms with Gasteiger partial charge in [0.25, 0.3) is 0 Å². The van der Waals surface area contributed by atoms with Crippen molar-refractivity contribution < 1.29 is 4.74 Å². The number of fused-ring (bicyclic) bond motifs is 1. The number of hydrogen-bond acceptors (Lipinski definition) is 6. The molecule has 132 valence electrons. The van der Waals surface area contributed by atoms with Crippen LogP contribution in [0.1, 0.15) is 43.1 Å². The van der Waals surface area contributed by atoms with Gasteiger partial charge in [-0.3, -0.25) is 0 Å². The summed E-state index contributed by atoms with van der Waals surface area (Å²) in [5.41, 5.74) is 1.21. The van der Waals surface area contributed by atoms with Gasteiger partial charge in [0.2, 0.25) is 0 Å². The lowest BCUT2D eigenvalue weighted by Gasteiger charge is -2.32. The Morgan fingerprint density at radius 1 is 1.36 bits per heavy atom. The number of anilines is 1. The van der Waals surface area contributed by atoms with Crippen LogP contribution >= 0.6 is 11.3 Å². The van der Waals surface area contributed by atoms with Crippen LogP contribution in [0.4, 0.5) is 5.82 Å². The second kappa shape index (κ2) is 6.72. The first-order valence-corrected chi connectivity index (χ1v) is 9.67. The van der Waals surface area contributed by atoms with E-state index >= 15 is 0 Å². The standard InChI is InChI=1S/C18H23N5OS/c1-4-23-8-7-19-17(23)15-13(6-5-9-24-15)22-16-14-11(2)10-25-18(14)21-12(3)20-16/h7-8,10,13,15H,4-6,9H2,1-3H3,(H,20,21,22)/t13-,15-/m0/s1. The van der Waals surface area contributed by atoms with Gasteiger partial charge in [0.15, 0.2) is 0 Å². The zero-order valence-electron chi connectivity index (χ0n) is 14.8. The molecule has 4 heterocycles. The second-order valence-corrected chi connectivity index (χ2v) is 7.33. The molecule has 1 N–H and O–H groups in total. The molecule has 0 radical (unpaired) electrons. The maximum absolute atomic E-state index is 6.12. The van der Waals surface area contributed by atoms with Crippen LogP contribution in [0.2, 0.25) is 0 Å². The van der Waals surface area contributed by atoms with Gasteiger partial charge < -0.3 is 14.6 Å². The lowest BCUT2D eigenvalue weighted by molar-refractivity contribution is -0.00175. The Morgan fingerprint density at radius 3 is 3.08 bits per heavy atom. The van der Waals surface area contributed by atoms with Gasteiger partial charge in [-0.25, -0.2) is 15.0 Å². The monoisotopic (exact) mass is 357 g/mol. The fraction of sp³-hybridized carbons (Fsp3) is 0.500. The van der Waals surface area contributed by atoms with Crippen LogP contribution in [0.25, 0.3) is 10.2 Å². The summed E-state index contributed by atoms with van der Waals surface area (Å²) in [4.78, 5) is 14.8. The molecule has 4 rings (SSSR count). The van der Waals surface area contributed by atoms with Crippen molar-refractivity contribution in [2.75, 3.05) is 11.9 Å². The Kier molecular flexibility index (Phi) is 4.43. The number of rotatable bonds is 4. The summed E-state index contributed by atoms with van der Waals surface area (Å²) in [6, 6.07) is 0.151. The Bertz CT molecular complexity index is 887. The van der Waals surface area contributed by atoms with E-state index in [4.69, 9.17) is 4.74 Å². The van der Waals surface area contributed by atoms with Crippen LogP contribution in [0.15, 0.2) is 17.8 Å². The molecule has 0 unspecified atom stereocenters. The number of aryl methyl sites for hydroxylation is 3. The van der Waals surface area contributed by atoms with E-state index in [2.05, 4.69) is 44.1 Å². The molecule has 1 aliphatic rings. The lowest BCUT2D eigenvalue weighted by atomic mass is 10.0. The normalized spacial score (nSPS) is 20.9. The molecule has 3 aromatic rings. The van der Waals surface area contributed by atoms with Gasteiger partial charge in [0.1, 0.15) is 28.4 Å². The number of hydrogen-bond donors (Lipinski definition) is 1. The molecule has 25 heavy (non-hydrogen) atoms. The molecule has 1 saturated heterocycles. The summed E-state index contributed by atoms with van der Waals surface area (Å²) < 4.78 is 8.27. The maximum Gasteiger partial charge on any atom is 0.140 e. The Labute approximate surface area is 151 Å². The molecule has 3 aromatic heterocycles. The average Bonchev–Trinajstić information content (AvgIpc) is 3.22. The van der Waals surface area contributed by atoms with Crippen molar-refractivity contribution in [3.8, 4) is 0 Å². The second-order valence-electron chi connectivity index (χ2n) is 6.47. The predicted molar refractivity (Wildman–Crippen MR) is 100 cm³/mol. The lowest BCUT2D eigenvalue weighted by Crippen LogP contribution is -2.35. The minimum absolute atomic E-state index is 0.0621. The molecule has 1 fully saturated rings. The van der Waals surface area contributed by atoms with Crippen molar-refractivity contribution in [2.24, 2.45) is 0 Å². The van der Waals surface area contributed by atoms with E-state index in [1.165, 1.54) is 5.56 Å². The molecular formula is C18H23N5OS. The van der Waals surface area contributed by atoms with Crippen molar-refractivity contribution in [3.05, 3.63) is 35.0 Å². The summed E-state index contributed by atoms with van der Waals surface area (Å²) in [5, 5.41) is 6.92. The smallest absolute Gasteiger partial charge is 0.140 e. The Hall–Kier alpha value is -1.99. The topological polar surface area (TPSA) is 64.9 Å². The van der Waals surface area contributed by atoms with E-state index < -0.39 is 0 Å². The Morgan fingerprint density at radius 2 is 2.24 bits per heavy atom. The van der Waals surface area contributed by atoms with Crippen LogP contribution < -0.4 is 5.32 Å². The average molecular weight is 357 g/mol. The molecule has 0 saturated carbocycles.